The summed E-state index contributed by atoms with van der Waals surface area (Å²) in [6.07, 6.45) is 1.49. The Balaban J connectivity index is 2.59. The molecule has 0 aliphatic heterocycles. The lowest BCUT2D eigenvalue weighted by Crippen LogP contribution is -2.40. The van der Waals surface area contributed by atoms with Crippen LogP contribution in [0.2, 0.25) is 0 Å². The number of carbonyl (C=O) groups is 1. The highest BCUT2D eigenvalue weighted by atomic mass is 16.1. The second kappa shape index (κ2) is 7.99. The lowest BCUT2D eigenvalue weighted by atomic mass is 9.95. The fourth-order valence-corrected chi connectivity index (χ4v) is 2.15. The van der Waals surface area contributed by atoms with Crippen molar-refractivity contribution in [2.24, 2.45) is 5.11 Å². The maximum Gasteiger partial charge on any atom is 0.251 e. The maximum atomic E-state index is 12.1. The number of benzene rings is 1. The summed E-state index contributed by atoms with van der Waals surface area (Å²) in [7, 11) is 1.92. The zero-order valence-corrected chi connectivity index (χ0v) is 14.7. The summed E-state index contributed by atoms with van der Waals surface area (Å²) in [5.41, 5.74) is 9.76. The number of nitrogens with zero attached hydrogens (tertiary/aromatic N) is 3. The molecule has 0 unspecified atom stereocenters. The van der Waals surface area contributed by atoms with Crippen molar-refractivity contribution in [2.45, 2.75) is 51.6 Å². The van der Waals surface area contributed by atoms with Crippen LogP contribution in [-0.4, -0.2) is 30.6 Å². The van der Waals surface area contributed by atoms with E-state index in [2.05, 4.69) is 34.5 Å². The van der Waals surface area contributed by atoms with Gasteiger partial charge in [-0.15, -0.1) is 0 Å². The van der Waals surface area contributed by atoms with Gasteiger partial charge in [-0.2, -0.15) is 0 Å². The van der Waals surface area contributed by atoms with Crippen molar-refractivity contribution >= 4 is 5.91 Å². The Morgan fingerprint density at radius 2 is 1.83 bits per heavy atom. The summed E-state index contributed by atoms with van der Waals surface area (Å²) in [5.74, 6) is -0.0715. The Hall–Kier alpha value is -2.04. The van der Waals surface area contributed by atoms with Gasteiger partial charge < -0.3 is 10.6 Å². The SMILES string of the molecule is CNC(C)(C)CCNC(=O)c1ccc(CC(C)(C)N=[N+]=[N-])cc1. The van der Waals surface area contributed by atoms with Crippen LogP contribution in [0.5, 0.6) is 0 Å². The molecule has 0 saturated carbocycles. The molecule has 6 nitrogen and oxygen atoms in total. The molecule has 0 atom stereocenters. The summed E-state index contributed by atoms with van der Waals surface area (Å²) in [5, 5.41) is 9.92. The fraction of sp³-hybridized carbons (Fsp3) is 0.588. The largest absolute Gasteiger partial charge is 0.352 e. The van der Waals surface area contributed by atoms with Gasteiger partial charge in [-0.1, -0.05) is 31.1 Å². The van der Waals surface area contributed by atoms with E-state index in [0.29, 0.717) is 18.5 Å². The van der Waals surface area contributed by atoms with E-state index in [-0.39, 0.29) is 11.4 Å². The average molecular weight is 317 g/mol. The fourth-order valence-electron chi connectivity index (χ4n) is 2.15. The number of rotatable bonds is 8. The molecule has 23 heavy (non-hydrogen) atoms. The standard InChI is InChI=1S/C17H27N5O/c1-16(2,19-5)10-11-20-15(23)14-8-6-13(7-9-14)12-17(3,4)21-22-18/h6-9,19H,10-12H2,1-5H3,(H,20,23). The normalized spacial score (nSPS) is 11.7. The summed E-state index contributed by atoms with van der Waals surface area (Å²) < 4.78 is 0. The molecule has 6 heteroatoms. The quantitative estimate of drug-likeness (QED) is 0.437. The van der Waals surface area contributed by atoms with Gasteiger partial charge in [0, 0.05) is 28.1 Å². The van der Waals surface area contributed by atoms with Crippen molar-refractivity contribution < 1.29 is 4.79 Å². The van der Waals surface area contributed by atoms with E-state index in [9.17, 15) is 4.79 Å². The van der Waals surface area contributed by atoms with Gasteiger partial charge in [0.2, 0.25) is 0 Å². The molecule has 0 bridgehead atoms. The van der Waals surface area contributed by atoms with Gasteiger partial charge in [-0.05, 0) is 57.0 Å². The second-order valence-electron chi connectivity index (χ2n) is 7.02. The number of amides is 1. The molecule has 0 saturated heterocycles. The highest BCUT2D eigenvalue weighted by Gasteiger charge is 2.17. The zero-order valence-electron chi connectivity index (χ0n) is 14.7. The zero-order chi connectivity index (χ0) is 17.5. The second-order valence-corrected chi connectivity index (χ2v) is 7.02. The van der Waals surface area contributed by atoms with E-state index < -0.39 is 5.54 Å². The third kappa shape index (κ3) is 6.72. The van der Waals surface area contributed by atoms with Crippen LogP contribution < -0.4 is 10.6 Å². The van der Waals surface area contributed by atoms with Gasteiger partial charge in [-0.25, -0.2) is 0 Å². The number of nitrogens with one attached hydrogen (secondary N) is 2. The molecular weight excluding hydrogens is 290 g/mol. The van der Waals surface area contributed by atoms with Gasteiger partial charge in [0.05, 0.1) is 0 Å². The monoisotopic (exact) mass is 317 g/mol. The van der Waals surface area contributed by atoms with E-state index in [1.165, 1.54) is 0 Å². The third-order valence-corrected chi connectivity index (χ3v) is 3.88. The van der Waals surface area contributed by atoms with Crippen molar-refractivity contribution in [3.05, 3.63) is 45.8 Å². The van der Waals surface area contributed by atoms with Crippen LogP contribution in [0.15, 0.2) is 29.4 Å². The van der Waals surface area contributed by atoms with Crippen LogP contribution in [0.25, 0.3) is 10.4 Å². The number of carbonyl (C=O) groups excluding carboxylic acids is 1. The van der Waals surface area contributed by atoms with Crippen LogP contribution in [-0.2, 0) is 6.42 Å². The van der Waals surface area contributed by atoms with Crippen molar-refractivity contribution in [2.75, 3.05) is 13.6 Å². The van der Waals surface area contributed by atoms with Crippen molar-refractivity contribution in [1.82, 2.24) is 10.6 Å². The van der Waals surface area contributed by atoms with Gasteiger partial charge >= 0.3 is 0 Å². The lowest BCUT2D eigenvalue weighted by molar-refractivity contribution is 0.0950. The average Bonchev–Trinajstić information content (AvgIpc) is 2.47. The molecule has 1 rings (SSSR count). The molecule has 0 aliphatic rings. The molecule has 1 amide bonds. The smallest absolute Gasteiger partial charge is 0.251 e. The Kier molecular flexibility index (Phi) is 6.61. The van der Waals surface area contributed by atoms with Crippen LogP contribution in [0.1, 0.15) is 50.0 Å². The molecule has 126 valence electrons. The molecule has 0 fully saturated rings. The van der Waals surface area contributed by atoms with Gasteiger partial charge in [0.15, 0.2) is 0 Å². The molecule has 0 spiro atoms. The third-order valence-electron chi connectivity index (χ3n) is 3.88. The summed E-state index contributed by atoms with van der Waals surface area (Å²) >= 11 is 0. The predicted octanol–water partition coefficient (Wildman–Crippen LogP) is 3.44. The van der Waals surface area contributed by atoms with Crippen LogP contribution in [0.4, 0.5) is 0 Å². The molecular formula is C17H27N5O. The highest BCUT2D eigenvalue weighted by molar-refractivity contribution is 5.94. The molecule has 0 aliphatic carbocycles. The number of hydrogen-bond donors (Lipinski definition) is 2. The summed E-state index contributed by atoms with van der Waals surface area (Å²) in [4.78, 5) is 15.0. The topological polar surface area (TPSA) is 89.9 Å². The maximum absolute atomic E-state index is 12.1. The van der Waals surface area contributed by atoms with Crippen LogP contribution >= 0.6 is 0 Å². The Morgan fingerprint density at radius 1 is 1.22 bits per heavy atom. The van der Waals surface area contributed by atoms with E-state index in [1.54, 1.807) is 12.1 Å². The Bertz CT molecular complexity index is 571. The molecule has 0 aromatic heterocycles. The Labute approximate surface area is 138 Å². The molecule has 1 aromatic carbocycles. The first-order valence-electron chi connectivity index (χ1n) is 7.81. The van der Waals surface area contributed by atoms with Gasteiger partial charge in [-0.3, -0.25) is 4.79 Å². The minimum Gasteiger partial charge on any atom is -0.352 e. The van der Waals surface area contributed by atoms with Crippen LogP contribution in [0, 0.1) is 0 Å². The summed E-state index contributed by atoms with van der Waals surface area (Å²) in [6, 6.07) is 7.42. The first-order valence-corrected chi connectivity index (χ1v) is 7.81. The van der Waals surface area contributed by atoms with E-state index >= 15 is 0 Å². The van der Waals surface area contributed by atoms with Crippen molar-refractivity contribution in [3.63, 3.8) is 0 Å². The van der Waals surface area contributed by atoms with Crippen LogP contribution in [0.3, 0.4) is 0 Å². The molecule has 0 radical (unpaired) electrons. The predicted molar refractivity (Wildman–Crippen MR) is 93.5 cm³/mol. The molecule has 0 heterocycles. The van der Waals surface area contributed by atoms with Gasteiger partial charge in [0.25, 0.3) is 5.91 Å². The van der Waals surface area contributed by atoms with Crippen molar-refractivity contribution in [3.8, 4) is 0 Å². The van der Waals surface area contributed by atoms with E-state index in [1.807, 2.05) is 33.0 Å². The van der Waals surface area contributed by atoms with E-state index in [0.717, 1.165) is 12.0 Å². The first kappa shape index (κ1) is 19.0. The molecule has 2 N–H and O–H groups in total. The minimum atomic E-state index is -0.475. The minimum absolute atomic E-state index is 0.00395. The molecule has 1 aromatic rings. The first-order chi connectivity index (χ1) is 10.7. The Morgan fingerprint density at radius 3 is 2.35 bits per heavy atom. The van der Waals surface area contributed by atoms with Gasteiger partial charge in [0.1, 0.15) is 0 Å². The number of hydrogen-bond acceptors (Lipinski definition) is 3. The summed E-state index contributed by atoms with van der Waals surface area (Å²) in [6.45, 7) is 8.59. The number of azide groups is 1. The lowest BCUT2D eigenvalue weighted by Gasteiger charge is -2.23. The van der Waals surface area contributed by atoms with Crippen molar-refractivity contribution in [1.29, 1.82) is 0 Å². The highest BCUT2D eigenvalue weighted by Crippen LogP contribution is 2.17. The van der Waals surface area contributed by atoms with E-state index in [4.69, 9.17) is 5.53 Å².